The number of aromatic nitrogens is 2. The van der Waals surface area contributed by atoms with Crippen LogP contribution in [0, 0.1) is 11.6 Å². The van der Waals surface area contributed by atoms with Crippen molar-refractivity contribution in [1.82, 2.24) is 9.97 Å². The van der Waals surface area contributed by atoms with Crippen LogP contribution in [0.3, 0.4) is 0 Å². The van der Waals surface area contributed by atoms with Gasteiger partial charge in [0.05, 0.1) is 10.2 Å². The van der Waals surface area contributed by atoms with Crippen molar-refractivity contribution in [3.63, 3.8) is 0 Å². The maximum Gasteiger partial charge on any atom is 0.223 e. The molecular weight excluding hydrogens is 320 g/mol. The number of hydrogen-bond acceptors (Lipinski definition) is 5. The second-order valence-electron chi connectivity index (χ2n) is 3.62. The summed E-state index contributed by atoms with van der Waals surface area (Å²) in [6, 6.07) is 3.60. The highest BCUT2D eigenvalue weighted by Gasteiger charge is 2.10. The van der Waals surface area contributed by atoms with Crippen LogP contribution in [-0.4, -0.2) is 17.0 Å². The number of nitrogen functional groups attached to an aromatic ring is 1. The molecule has 19 heavy (non-hydrogen) atoms. The average Bonchev–Trinajstić information content (AvgIpc) is 2.35. The minimum Gasteiger partial charge on any atom is -0.373 e. The molecule has 8 heteroatoms. The van der Waals surface area contributed by atoms with E-state index in [2.05, 4.69) is 36.5 Å². The minimum absolute atomic E-state index is 0.0379. The fourth-order valence-electron chi connectivity index (χ4n) is 1.41. The molecule has 0 fully saturated rings. The molecule has 0 atom stereocenters. The van der Waals surface area contributed by atoms with Gasteiger partial charge >= 0.3 is 0 Å². The van der Waals surface area contributed by atoms with Gasteiger partial charge in [-0.2, -0.15) is 9.97 Å². The second kappa shape index (κ2) is 5.35. The third kappa shape index (κ3) is 3.08. The van der Waals surface area contributed by atoms with Crippen molar-refractivity contribution in [2.24, 2.45) is 0 Å². The van der Waals surface area contributed by atoms with Crippen molar-refractivity contribution in [2.75, 3.05) is 23.4 Å². The number of halogens is 3. The number of benzene rings is 1. The van der Waals surface area contributed by atoms with Crippen molar-refractivity contribution < 1.29 is 8.78 Å². The number of rotatable bonds is 3. The Morgan fingerprint density at radius 1 is 1.11 bits per heavy atom. The fourth-order valence-corrected chi connectivity index (χ4v) is 1.76. The van der Waals surface area contributed by atoms with Gasteiger partial charge in [-0.3, -0.25) is 0 Å². The molecule has 100 valence electrons. The summed E-state index contributed by atoms with van der Waals surface area (Å²) in [5.74, 6) is -0.591. The number of nitrogens with two attached hydrogens (primary N) is 1. The van der Waals surface area contributed by atoms with Gasteiger partial charge in [0.1, 0.15) is 23.3 Å². The van der Waals surface area contributed by atoms with Crippen LogP contribution in [0.5, 0.6) is 0 Å². The van der Waals surface area contributed by atoms with E-state index in [1.54, 1.807) is 13.1 Å². The molecule has 2 rings (SSSR count). The molecule has 2 aromatic rings. The first-order valence-electron chi connectivity index (χ1n) is 5.23. The highest BCUT2D eigenvalue weighted by molar-refractivity contribution is 9.10. The zero-order chi connectivity index (χ0) is 14.0. The van der Waals surface area contributed by atoms with Crippen LogP contribution in [0.25, 0.3) is 0 Å². The standard InChI is InChI=1S/C11H10BrF2N5/c1-16-9-4-10(19-11(15)18-9)17-8-2-5(12)6(13)3-7(8)14/h2-4H,1H3,(H4,15,16,17,18,19). The first-order valence-corrected chi connectivity index (χ1v) is 6.03. The van der Waals surface area contributed by atoms with Crippen molar-refractivity contribution in [1.29, 1.82) is 0 Å². The number of hydrogen-bond donors (Lipinski definition) is 3. The number of anilines is 4. The zero-order valence-electron chi connectivity index (χ0n) is 9.84. The molecule has 1 aromatic heterocycles. The lowest BCUT2D eigenvalue weighted by Crippen LogP contribution is -2.04. The van der Waals surface area contributed by atoms with Crippen molar-refractivity contribution >= 4 is 39.2 Å². The molecule has 4 N–H and O–H groups in total. The topological polar surface area (TPSA) is 75.9 Å². The van der Waals surface area contributed by atoms with Crippen LogP contribution < -0.4 is 16.4 Å². The van der Waals surface area contributed by atoms with E-state index in [-0.39, 0.29) is 16.1 Å². The largest absolute Gasteiger partial charge is 0.373 e. The summed E-state index contributed by atoms with van der Waals surface area (Å²) < 4.78 is 26.8. The Balaban J connectivity index is 2.36. The minimum atomic E-state index is -0.733. The molecule has 1 aromatic carbocycles. The highest BCUT2D eigenvalue weighted by atomic mass is 79.9. The predicted octanol–water partition coefficient (Wildman–Crippen LogP) is 2.88. The normalized spacial score (nSPS) is 10.3. The molecule has 1 heterocycles. The molecule has 0 amide bonds. The predicted molar refractivity (Wildman–Crippen MR) is 73.3 cm³/mol. The molecule has 0 aliphatic heterocycles. The van der Waals surface area contributed by atoms with Crippen LogP contribution >= 0.6 is 15.9 Å². The van der Waals surface area contributed by atoms with Crippen LogP contribution in [-0.2, 0) is 0 Å². The summed E-state index contributed by atoms with van der Waals surface area (Å²) in [6.45, 7) is 0. The molecule has 0 unspecified atom stereocenters. The highest BCUT2D eigenvalue weighted by Crippen LogP contribution is 2.26. The fraction of sp³-hybridized carbons (Fsp3) is 0.0909. The SMILES string of the molecule is CNc1cc(Nc2cc(Br)c(F)cc2F)nc(N)n1. The van der Waals surface area contributed by atoms with Gasteiger partial charge in [0, 0.05) is 19.2 Å². The Morgan fingerprint density at radius 2 is 1.79 bits per heavy atom. The third-order valence-corrected chi connectivity index (χ3v) is 2.88. The van der Waals surface area contributed by atoms with Gasteiger partial charge in [0.25, 0.3) is 0 Å². The number of nitrogens with zero attached hydrogens (tertiary/aromatic N) is 2. The van der Waals surface area contributed by atoms with E-state index < -0.39 is 11.6 Å². The van der Waals surface area contributed by atoms with Crippen LogP contribution in [0.4, 0.5) is 32.1 Å². The van der Waals surface area contributed by atoms with E-state index in [0.29, 0.717) is 11.6 Å². The van der Waals surface area contributed by atoms with Gasteiger partial charge in [-0.1, -0.05) is 0 Å². The molecular formula is C11H10BrF2N5. The summed E-state index contributed by atoms with van der Waals surface area (Å²) in [5.41, 5.74) is 5.59. The average molecular weight is 330 g/mol. The van der Waals surface area contributed by atoms with E-state index in [9.17, 15) is 8.78 Å². The Labute approximate surface area is 116 Å². The molecule has 0 saturated heterocycles. The third-order valence-electron chi connectivity index (χ3n) is 2.27. The maximum absolute atomic E-state index is 13.6. The maximum atomic E-state index is 13.6. The van der Waals surface area contributed by atoms with E-state index >= 15 is 0 Å². The Bertz CT molecular complexity index is 620. The zero-order valence-corrected chi connectivity index (χ0v) is 11.4. The smallest absolute Gasteiger partial charge is 0.223 e. The summed E-state index contributed by atoms with van der Waals surface area (Å²) >= 11 is 2.98. The van der Waals surface area contributed by atoms with E-state index in [4.69, 9.17) is 5.73 Å². The summed E-state index contributed by atoms with van der Waals surface area (Å²) in [4.78, 5) is 7.81. The summed E-state index contributed by atoms with van der Waals surface area (Å²) in [7, 11) is 1.67. The van der Waals surface area contributed by atoms with Crippen molar-refractivity contribution in [3.05, 3.63) is 34.3 Å². The first kappa shape index (κ1) is 13.5. The summed E-state index contributed by atoms with van der Waals surface area (Å²) in [6.07, 6.45) is 0. The Kier molecular flexibility index (Phi) is 3.79. The van der Waals surface area contributed by atoms with Crippen LogP contribution in [0.1, 0.15) is 0 Å². The lowest BCUT2D eigenvalue weighted by atomic mass is 10.3. The quantitative estimate of drug-likeness (QED) is 0.755. The molecule has 0 saturated carbocycles. The molecule has 0 bridgehead atoms. The Morgan fingerprint density at radius 3 is 2.47 bits per heavy atom. The van der Waals surface area contributed by atoms with E-state index in [1.807, 2.05) is 0 Å². The molecule has 0 radical (unpaired) electrons. The van der Waals surface area contributed by atoms with Crippen LogP contribution in [0.15, 0.2) is 22.7 Å². The monoisotopic (exact) mass is 329 g/mol. The Hall–Kier alpha value is -1.96. The van der Waals surface area contributed by atoms with Gasteiger partial charge in [0.15, 0.2) is 0 Å². The molecule has 0 aliphatic carbocycles. The second-order valence-corrected chi connectivity index (χ2v) is 4.47. The van der Waals surface area contributed by atoms with Gasteiger partial charge in [-0.15, -0.1) is 0 Å². The molecule has 0 aliphatic rings. The van der Waals surface area contributed by atoms with Gasteiger partial charge in [0.2, 0.25) is 5.95 Å². The van der Waals surface area contributed by atoms with Gasteiger partial charge < -0.3 is 16.4 Å². The van der Waals surface area contributed by atoms with E-state index in [0.717, 1.165) is 6.07 Å². The number of nitrogens with one attached hydrogen (secondary N) is 2. The van der Waals surface area contributed by atoms with E-state index in [1.165, 1.54) is 6.07 Å². The first-order chi connectivity index (χ1) is 8.99. The van der Waals surface area contributed by atoms with Crippen molar-refractivity contribution in [2.45, 2.75) is 0 Å². The molecule has 0 spiro atoms. The molecule has 5 nitrogen and oxygen atoms in total. The van der Waals surface area contributed by atoms with Gasteiger partial charge in [-0.25, -0.2) is 8.78 Å². The van der Waals surface area contributed by atoms with Crippen molar-refractivity contribution in [3.8, 4) is 0 Å². The summed E-state index contributed by atoms with van der Waals surface area (Å²) in [5, 5.41) is 5.51. The van der Waals surface area contributed by atoms with Gasteiger partial charge in [-0.05, 0) is 22.0 Å². The van der Waals surface area contributed by atoms with Crippen LogP contribution in [0.2, 0.25) is 0 Å². The lowest BCUT2D eigenvalue weighted by Gasteiger charge is -2.09. The lowest BCUT2D eigenvalue weighted by molar-refractivity contribution is 0.581.